The number of aromatic nitrogens is 2. The molecule has 0 aliphatic carbocycles. The van der Waals surface area contributed by atoms with Crippen molar-refractivity contribution < 1.29 is 4.79 Å². The van der Waals surface area contributed by atoms with Crippen LogP contribution in [0.4, 0.5) is 0 Å². The van der Waals surface area contributed by atoms with Crippen molar-refractivity contribution in [2.24, 2.45) is 0 Å². The molecule has 0 aromatic carbocycles. The summed E-state index contributed by atoms with van der Waals surface area (Å²) in [6.45, 7) is 2.64. The monoisotopic (exact) mass is 277 g/mol. The van der Waals surface area contributed by atoms with Crippen LogP contribution in [0.25, 0.3) is 10.6 Å². The van der Waals surface area contributed by atoms with E-state index in [1.165, 1.54) is 11.3 Å². The van der Waals surface area contributed by atoms with Crippen LogP contribution in [0.3, 0.4) is 0 Å². The standard InChI is InChI=1S/C13H15N3O2S/c1-2-3-6-14-12(17)10-8-9(15-13(18)16-10)11-5-4-7-19-11/h4-5,7-8H,2-3,6H2,1H3,(H,14,17)(H,15,16,18). The Kier molecular flexibility index (Phi) is 4.46. The SMILES string of the molecule is CCCCNC(=O)c1cc(-c2cccs2)[nH]c(=O)n1. The van der Waals surface area contributed by atoms with Crippen molar-refractivity contribution in [3.05, 3.63) is 39.8 Å². The second kappa shape index (κ2) is 6.29. The Morgan fingerprint density at radius 1 is 1.53 bits per heavy atom. The van der Waals surface area contributed by atoms with Gasteiger partial charge in [-0.3, -0.25) is 4.79 Å². The van der Waals surface area contributed by atoms with E-state index in [2.05, 4.69) is 15.3 Å². The first-order chi connectivity index (χ1) is 9.20. The quantitative estimate of drug-likeness (QED) is 0.821. The zero-order chi connectivity index (χ0) is 13.7. The molecule has 0 radical (unpaired) electrons. The molecule has 100 valence electrons. The van der Waals surface area contributed by atoms with Crippen LogP contribution < -0.4 is 11.0 Å². The van der Waals surface area contributed by atoms with Gasteiger partial charge in [-0.1, -0.05) is 19.4 Å². The third kappa shape index (κ3) is 3.51. The second-order valence-corrected chi connectivity index (χ2v) is 5.02. The van der Waals surface area contributed by atoms with E-state index in [9.17, 15) is 9.59 Å². The van der Waals surface area contributed by atoms with Gasteiger partial charge in [0.05, 0.1) is 10.6 Å². The van der Waals surface area contributed by atoms with Crippen molar-refractivity contribution in [2.45, 2.75) is 19.8 Å². The predicted molar refractivity (Wildman–Crippen MR) is 75.4 cm³/mol. The lowest BCUT2D eigenvalue weighted by atomic mass is 10.2. The Morgan fingerprint density at radius 2 is 2.37 bits per heavy atom. The minimum absolute atomic E-state index is 0.156. The van der Waals surface area contributed by atoms with E-state index in [1.54, 1.807) is 6.07 Å². The highest BCUT2D eigenvalue weighted by molar-refractivity contribution is 7.13. The summed E-state index contributed by atoms with van der Waals surface area (Å²) in [6, 6.07) is 5.38. The third-order valence-corrected chi connectivity index (χ3v) is 3.48. The Balaban J connectivity index is 2.22. The minimum atomic E-state index is -0.508. The van der Waals surface area contributed by atoms with Crippen molar-refractivity contribution in [3.8, 4) is 10.6 Å². The van der Waals surface area contributed by atoms with Crippen LogP contribution in [-0.2, 0) is 0 Å². The van der Waals surface area contributed by atoms with Gasteiger partial charge in [0, 0.05) is 6.54 Å². The number of carbonyl (C=O) groups excluding carboxylic acids is 1. The first-order valence-corrected chi connectivity index (χ1v) is 7.02. The molecule has 0 bridgehead atoms. The summed E-state index contributed by atoms with van der Waals surface area (Å²) in [5.41, 5.74) is 0.269. The maximum Gasteiger partial charge on any atom is 0.346 e. The largest absolute Gasteiger partial charge is 0.351 e. The fraction of sp³-hybridized carbons (Fsp3) is 0.308. The summed E-state index contributed by atoms with van der Waals surface area (Å²) in [4.78, 5) is 30.6. The summed E-state index contributed by atoms with van der Waals surface area (Å²) in [6.07, 6.45) is 1.91. The van der Waals surface area contributed by atoms with Crippen LogP contribution in [0.2, 0.25) is 0 Å². The number of hydrogen-bond donors (Lipinski definition) is 2. The molecule has 0 saturated carbocycles. The lowest BCUT2D eigenvalue weighted by Crippen LogP contribution is -2.28. The second-order valence-electron chi connectivity index (χ2n) is 4.07. The Labute approximate surface area is 114 Å². The number of thiophene rings is 1. The van der Waals surface area contributed by atoms with Crippen LogP contribution in [0, 0.1) is 0 Å². The maximum absolute atomic E-state index is 11.9. The zero-order valence-electron chi connectivity index (χ0n) is 10.6. The van der Waals surface area contributed by atoms with Crippen LogP contribution in [0.1, 0.15) is 30.3 Å². The molecule has 1 amide bonds. The number of H-pyrrole nitrogens is 1. The zero-order valence-corrected chi connectivity index (χ0v) is 11.4. The molecule has 5 nitrogen and oxygen atoms in total. The fourth-order valence-corrected chi connectivity index (χ4v) is 2.31. The highest BCUT2D eigenvalue weighted by atomic mass is 32.1. The number of nitrogens with one attached hydrogen (secondary N) is 2. The minimum Gasteiger partial charge on any atom is -0.351 e. The highest BCUT2D eigenvalue weighted by Crippen LogP contribution is 2.21. The Bertz CT molecular complexity index is 605. The van der Waals surface area contributed by atoms with E-state index in [0.29, 0.717) is 12.2 Å². The molecular weight excluding hydrogens is 262 g/mol. The van der Waals surface area contributed by atoms with E-state index in [4.69, 9.17) is 0 Å². The van der Waals surface area contributed by atoms with E-state index in [1.807, 2.05) is 24.4 Å². The molecule has 0 spiro atoms. The van der Waals surface area contributed by atoms with Gasteiger partial charge in [0.25, 0.3) is 5.91 Å². The molecular formula is C13H15N3O2S. The molecule has 0 aliphatic rings. The van der Waals surface area contributed by atoms with E-state index in [-0.39, 0.29) is 11.6 Å². The maximum atomic E-state index is 11.9. The predicted octanol–water partition coefficient (Wildman–Crippen LogP) is 2.03. The molecule has 0 saturated heterocycles. The summed E-state index contributed by atoms with van der Waals surface area (Å²) in [5.74, 6) is -0.308. The number of hydrogen-bond acceptors (Lipinski definition) is 4. The molecule has 0 aliphatic heterocycles. The van der Waals surface area contributed by atoms with Crippen molar-refractivity contribution >= 4 is 17.2 Å². The van der Waals surface area contributed by atoms with E-state index < -0.39 is 5.69 Å². The molecule has 0 atom stereocenters. The molecule has 2 heterocycles. The molecule has 0 unspecified atom stereocenters. The molecule has 0 fully saturated rings. The average Bonchev–Trinajstić information content (AvgIpc) is 2.92. The third-order valence-electron chi connectivity index (χ3n) is 2.58. The highest BCUT2D eigenvalue weighted by Gasteiger charge is 2.10. The number of rotatable bonds is 5. The normalized spacial score (nSPS) is 10.4. The van der Waals surface area contributed by atoms with Gasteiger partial charge >= 0.3 is 5.69 Å². The average molecular weight is 277 g/mol. The van der Waals surface area contributed by atoms with Gasteiger partial charge in [-0.05, 0) is 23.9 Å². The smallest absolute Gasteiger partial charge is 0.346 e. The summed E-state index contributed by atoms with van der Waals surface area (Å²) in [5, 5.41) is 4.66. The molecule has 2 aromatic rings. The van der Waals surface area contributed by atoms with Crippen LogP contribution >= 0.6 is 11.3 Å². The molecule has 2 aromatic heterocycles. The number of carbonyl (C=O) groups is 1. The topological polar surface area (TPSA) is 74.8 Å². The Hall–Kier alpha value is -1.95. The first kappa shape index (κ1) is 13.5. The number of nitrogens with zero attached hydrogens (tertiary/aromatic N) is 1. The van der Waals surface area contributed by atoms with Gasteiger partial charge in [-0.2, -0.15) is 4.98 Å². The van der Waals surface area contributed by atoms with Gasteiger partial charge in [-0.25, -0.2) is 4.79 Å². The Morgan fingerprint density at radius 3 is 3.05 bits per heavy atom. The van der Waals surface area contributed by atoms with Crippen molar-refractivity contribution in [1.82, 2.24) is 15.3 Å². The van der Waals surface area contributed by atoms with Gasteiger partial charge in [0.15, 0.2) is 0 Å². The summed E-state index contributed by atoms with van der Waals surface area (Å²) in [7, 11) is 0. The van der Waals surface area contributed by atoms with Crippen LogP contribution in [-0.4, -0.2) is 22.4 Å². The molecule has 19 heavy (non-hydrogen) atoms. The lowest BCUT2D eigenvalue weighted by Gasteiger charge is -2.04. The van der Waals surface area contributed by atoms with E-state index >= 15 is 0 Å². The van der Waals surface area contributed by atoms with Crippen molar-refractivity contribution in [3.63, 3.8) is 0 Å². The first-order valence-electron chi connectivity index (χ1n) is 6.14. The number of unbranched alkanes of at least 4 members (excludes halogenated alkanes) is 1. The molecule has 6 heteroatoms. The summed E-state index contributed by atoms with van der Waals surface area (Å²) >= 11 is 1.50. The van der Waals surface area contributed by atoms with Gasteiger partial charge in [0.1, 0.15) is 5.69 Å². The molecule has 2 N–H and O–H groups in total. The molecule has 2 rings (SSSR count). The lowest BCUT2D eigenvalue weighted by molar-refractivity contribution is 0.0947. The van der Waals surface area contributed by atoms with Crippen LogP contribution in [0.5, 0.6) is 0 Å². The summed E-state index contributed by atoms with van der Waals surface area (Å²) < 4.78 is 0. The van der Waals surface area contributed by atoms with Crippen molar-refractivity contribution in [1.29, 1.82) is 0 Å². The van der Waals surface area contributed by atoms with E-state index in [0.717, 1.165) is 17.7 Å². The van der Waals surface area contributed by atoms with Gasteiger partial charge < -0.3 is 10.3 Å². The number of amides is 1. The van der Waals surface area contributed by atoms with Crippen molar-refractivity contribution in [2.75, 3.05) is 6.54 Å². The van der Waals surface area contributed by atoms with Gasteiger partial charge in [0.2, 0.25) is 0 Å². The van der Waals surface area contributed by atoms with Gasteiger partial charge in [-0.15, -0.1) is 11.3 Å². The van der Waals surface area contributed by atoms with Crippen LogP contribution in [0.15, 0.2) is 28.4 Å². The number of aromatic amines is 1. The fourth-order valence-electron chi connectivity index (χ4n) is 1.61.